The quantitative estimate of drug-likeness (QED) is 0.746. The van der Waals surface area contributed by atoms with Crippen LogP contribution in [0.5, 0.6) is 0 Å². The molecule has 0 aromatic heterocycles. The Morgan fingerprint density at radius 2 is 2.31 bits per heavy atom. The van der Waals surface area contributed by atoms with Gasteiger partial charge in [0.05, 0.1) is 12.7 Å². The van der Waals surface area contributed by atoms with Gasteiger partial charge in [-0.25, -0.2) is 0 Å². The third-order valence-corrected chi connectivity index (χ3v) is 3.00. The zero-order chi connectivity index (χ0) is 9.90. The van der Waals surface area contributed by atoms with Gasteiger partial charge in [-0.05, 0) is 32.4 Å². The highest BCUT2D eigenvalue weighted by Gasteiger charge is 2.36. The highest BCUT2D eigenvalue weighted by molar-refractivity contribution is 7.98. The van der Waals surface area contributed by atoms with E-state index < -0.39 is 5.79 Å². The Labute approximate surface area is 84.3 Å². The average Bonchev–Trinajstić information content (AvgIpc) is 2.42. The molecule has 0 aromatic carbocycles. The summed E-state index contributed by atoms with van der Waals surface area (Å²) in [7, 11) is 0. The number of hydrogen-bond acceptors (Lipinski definition) is 4. The van der Waals surface area contributed by atoms with Crippen molar-refractivity contribution >= 4 is 11.8 Å². The van der Waals surface area contributed by atoms with Crippen LogP contribution in [-0.2, 0) is 9.47 Å². The molecule has 0 saturated carbocycles. The van der Waals surface area contributed by atoms with E-state index in [4.69, 9.17) is 15.2 Å². The number of thioether (sulfide) groups is 1. The van der Waals surface area contributed by atoms with Gasteiger partial charge in [0, 0.05) is 5.92 Å². The molecule has 0 amide bonds. The van der Waals surface area contributed by atoms with Gasteiger partial charge in [0.1, 0.15) is 0 Å². The maximum atomic E-state index is 5.74. The zero-order valence-corrected chi connectivity index (χ0v) is 9.39. The van der Waals surface area contributed by atoms with Gasteiger partial charge in [-0.3, -0.25) is 0 Å². The minimum absolute atomic E-state index is 0.174. The standard InChI is InChI=1S/C9H19NO2S/c1-9(2)11-5-8(12-9)7(4-10)6-13-3/h7-8H,4-6,10H2,1-3H3/t7?,8-/m0/s1. The normalized spacial score (nSPS) is 29.1. The molecule has 2 N–H and O–H groups in total. The van der Waals surface area contributed by atoms with Gasteiger partial charge in [-0.1, -0.05) is 0 Å². The van der Waals surface area contributed by atoms with E-state index in [0.717, 1.165) is 5.75 Å². The Bertz CT molecular complexity index is 164. The van der Waals surface area contributed by atoms with Crippen molar-refractivity contribution in [3.05, 3.63) is 0 Å². The van der Waals surface area contributed by atoms with Crippen molar-refractivity contribution in [2.45, 2.75) is 25.7 Å². The van der Waals surface area contributed by atoms with Gasteiger partial charge in [0.2, 0.25) is 0 Å². The highest BCUT2D eigenvalue weighted by atomic mass is 32.2. The molecule has 1 rings (SSSR count). The third kappa shape index (κ3) is 3.13. The summed E-state index contributed by atoms with van der Waals surface area (Å²) in [5, 5.41) is 0. The van der Waals surface area contributed by atoms with Gasteiger partial charge in [0.25, 0.3) is 0 Å². The molecule has 1 aliphatic rings. The Balaban J connectivity index is 2.43. The average molecular weight is 205 g/mol. The maximum Gasteiger partial charge on any atom is 0.163 e. The summed E-state index contributed by atoms with van der Waals surface area (Å²) in [4.78, 5) is 0. The van der Waals surface area contributed by atoms with E-state index in [9.17, 15) is 0 Å². The van der Waals surface area contributed by atoms with Crippen LogP contribution < -0.4 is 5.73 Å². The second kappa shape index (κ2) is 4.64. The van der Waals surface area contributed by atoms with Crippen molar-refractivity contribution < 1.29 is 9.47 Å². The van der Waals surface area contributed by atoms with E-state index in [1.807, 2.05) is 13.8 Å². The van der Waals surface area contributed by atoms with Crippen molar-refractivity contribution in [2.75, 3.05) is 25.2 Å². The van der Waals surface area contributed by atoms with Crippen molar-refractivity contribution in [1.82, 2.24) is 0 Å². The van der Waals surface area contributed by atoms with E-state index in [1.54, 1.807) is 11.8 Å². The molecule has 0 bridgehead atoms. The van der Waals surface area contributed by atoms with Crippen molar-refractivity contribution in [1.29, 1.82) is 0 Å². The molecule has 3 nitrogen and oxygen atoms in total. The second-order valence-corrected chi connectivity index (χ2v) is 4.73. The highest BCUT2D eigenvalue weighted by Crippen LogP contribution is 2.27. The first-order chi connectivity index (χ1) is 6.09. The van der Waals surface area contributed by atoms with Crippen LogP contribution in [0.1, 0.15) is 13.8 Å². The topological polar surface area (TPSA) is 44.5 Å². The molecule has 1 unspecified atom stereocenters. The first-order valence-corrected chi connectivity index (χ1v) is 5.99. The van der Waals surface area contributed by atoms with E-state index in [1.165, 1.54) is 0 Å². The predicted octanol–water partition coefficient (Wildman–Crippen LogP) is 1.08. The van der Waals surface area contributed by atoms with Crippen molar-refractivity contribution in [2.24, 2.45) is 11.7 Å². The fourth-order valence-corrected chi connectivity index (χ4v) is 2.27. The minimum Gasteiger partial charge on any atom is -0.348 e. The summed E-state index contributed by atoms with van der Waals surface area (Å²) in [5.74, 6) is 1.04. The van der Waals surface area contributed by atoms with E-state index in [-0.39, 0.29) is 6.10 Å². The zero-order valence-electron chi connectivity index (χ0n) is 8.58. The SMILES string of the molecule is CSCC(CN)[C@@H]1COC(C)(C)O1. The molecule has 0 spiro atoms. The smallest absolute Gasteiger partial charge is 0.163 e. The Hall–Kier alpha value is 0.230. The summed E-state index contributed by atoms with van der Waals surface area (Å²) < 4.78 is 11.2. The van der Waals surface area contributed by atoms with Crippen LogP contribution in [0.3, 0.4) is 0 Å². The maximum absolute atomic E-state index is 5.74. The van der Waals surface area contributed by atoms with Crippen LogP contribution in [0.25, 0.3) is 0 Å². The van der Waals surface area contributed by atoms with Crippen LogP contribution in [0.4, 0.5) is 0 Å². The lowest BCUT2D eigenvalue weighted by molar-refractivity contribution is -0.143. The Kier molecular flexibility index (Phi) is 4.04. The first kappa shape index (κ1) is 11.3. The molecule has 0 radical (unpaired) electrons. The van der Waals surface area contributed by atoms with Crippen LogP contribution in [0.15, 0.2) is 0 Å². The summed E-state index contributed by atoms with van der Waals surface area (Å²) in [6, 6.07) is 0. The molecule has 1 aliphatic heterocycles. The molecular formula is C9H19NO2S. The minimum atomic E-state index is -0.420. The van der Waals surface area contributed by atoms with Gasteiger partial charge < -0.3 is 15.2 Å². The summed E-state index contributed by atoms with van der Waals surface area (Å²) in [5.41, 5.74) is 5.68. The lowest BCUT2D eigenvalue weighted by Gasteiger charge is -2.22. The lowest BCUT2D eigenvalue weighted by Crippen LogP contribution is -2.33. The van der Waals surface area contributed by atoms with Crippen molar-refractivity contribution in [3.8, 4) is 0 Å². The third-order valence-electron chi connectivity index (χ3n) is 2.24. The van der Waals surface area contributed by atoms with E-state index in [2.05, 4.69) is 6.26 Å². The molecule has 1 heterocycles. The molecule has 0 aliphatic carbocycles. The summed E-state index contributed by atoms with van der Waals surface area (Å²) in [6.45, 7) is 5.24. The molecule has 78 valence electrons. The van der Waals surface area contributed by atoms with E-state index in [0.29, 0.717) is 19.1 Å². The van der Waals surface area contributed by atoms with Gasteiger partial charge in [-0.2, -0.15) is 11.8 Å². The second-order valence-electron chi connectivity index (χ2n) is 3.82. The van der Waals surface area contributed by atoms with Crippen LogP contribution >= 0.6 is 11.8 Å². The predicted molar refractivity (Wildman–Crippen MR) is 55.8 cm³/mol. The molecule has 4 heteroatoms. The van der Waals surface area contributed by atoms with Crippen molar-refractivity contribution in [3.63, 3.8) is 0 Å². The number of rotatable bonds is 4. The summed E-state index contributed by atoms with van der Waals surface area (Å²) in [6.07, 6.45) is 2.26. The van der Waals surface area contributed by atoms with Gasteiger partial charge in [-0.15, -0.1) is 0 Å². The molecule has 0 aromatic rings. The number of hydrogen-bond donors (Lipinski definition) is 1. The fraction of sp³-hybridized carbons (Fsp3) is 1.00. The molecule has 13 heavy (non-hydrogen) atoms. The van der Waals surface area contributed by atoms with Crippen LogP contribution in [0.2, 0.25) is 0 Å². The molecule has 1 fully saturated rings. The molecule has 2 atom stereocenters. The van der Waals surface area contributed by atoms with E-state index >= 15 is 0 Å². The largest absolute Gasteiger partial charge is 0.348 e. The number of nitrogens with two attached hydrogens (primary N) is 1. The van der Waals surface area contributed by atoms with Gasteiger partial charge in [0.15, 0.2) is 5.79 Å². The summed E-state index contributed by atoms with van der Waals surface area (Å²) >= 11 is 1.81. The molecular weight excluding hydrogens is 186 g/mol. The first-order valence-electron chi connectivity index (χ1n) is 4.60. The van der Waals surface area contributed by atoms with Gasteiger partial charge >= 0.3 is 0 Å². The van der Waals surface area contributed by atoms with Crippen LogP contribution in [-0.4, -0.2) is 37.1 Å². The molecule has 1 saturated heterocycles. The lowest BCUT2D eigenvalue weighted by atomic mass is 10.1. The Morgan fingerprint density at radius 3 is 2.69 bits per heavy atom. The Morgan fingerprint density at radius 1 is 1.62 bits per heavy atom. The fourth-order valence-electron chi connectivity index (χ4n) is 1.49. The monoisotopic (exact) mass is 205 g/mol. The van der Waals surface area contributed by atoms with Crippen LogP contribution in [0, 0.1) is 5.92 Å². The number of ether oxygens (including phenoxy) is 2.